The molecule has 0 radical (unpaired) electrons. The minimum absolute atomic E-state index is 0.156. The highest BCUT2D eigenvalue weighted by atomic mass is 127. The summed E-state index contributed by atoms with van der Waals surface area (Å²) in [5, 5.41) is 0.490. The van der Waals surface area contributed by atoms with Crippen LogP contribution in [0.3, 0.4) is 0 Å². The van der Waals surface area contributed by atoms with E-state index < -0.39 is 5.60 Å². The number of piperazine rings is 1. The topological polar surface area (TPSA) is 45.7 Å². The van der Waals surface area contributed by atoms with Crippen LogP contribution in [0.15, 0.2) is 12.1 Å². The Morgan fingerprint density at radius 2 is 2.09 bits per heavy atom. The number of nitrogens with zero attached hydrogens (tertiary/aromatic N) is 3. The van der Waals surface area contributed by atoms with Crippen LogP contribution >= 0.6 is 34.2 Å². The highest BCUT2D eigenvalue weighted by molar-refractivity contribution is 14.1. The number of anilines is 1. The number of carbonyl (C=O) groups is 1. The fraction of sp³-hybridized carbons (Fsp3) is 0.600. The summed E-state index contributed by atoms with van der Waals surface area (Å²) in [7, 11) is 0. The van der Waals surface area contributed by atoms with E-state index in [9.17, 15) is 4.79 Å². The predicted molar refractivity (Wildman–Crippen MR) is 96.6 cm³/mol. The van der Waals surface area contributed by atoms with Crippen molar-refractivity contribution in [2.75, 3.05) is 24.5 Å². The van der Waals surface area contributed by atoms with Crippen LogP contribution < -0.4 is 4.90 Å². The maximum atomic E-state index is 12.2. The molecule has 1 atom stereocenters. The van der Waals surface area contributed by atoms with E-state index in [1.165, 1.54) is 0 Å². The number of ether oxygens (including phenoxy) is 1. The molecule has 1 fully saturated rings. The predicted octanol–water partition coefficient (Wildman–Crippen LogP) is 3.79. The van der Waals surface area contributed by atoms with Crippen molar-refractivity contribution in [1.29, 1.82) is 0 Å². The highest BCUT2D eigenvalue weighted by Crippen LogP contribution is 2.24. The van der Waals surface area contributed by atoms with Gasteiger partial charge in [0.25, 0.3) is 0 Å². The highest BCUT2D eigenvalue weighted by Gasteiger charge is 2.30. The molecular weight excluding hydrogens is 417 g/mol. The summed E-state index contributed by atoms with van der Waals surface area (Å²) in [5.74, 6) is 0.855. The number of rotatable bonds is 1. The van der Waals surface area contributed by atoms with E-state index in [1.54, 1.807) is 4.90 Å². The molecule has 122 valence electrons. The molecule has 1 aromatic heterocycles. The van der Waals surface area contributed by atoms with Gasteiger partial charge >= 0.3 is 6.09 Å². The molecule has 1 amide bonds. The number of aromatic nitrogens is 1. The van der Waals surface area contributed by atoms with Gasteiger partial charge in [0.2, 0.25) is 0 Å². The van der Waals surface area contributed by atoms with Gasteiger partial charge in [-0.25, -0.2) is 9.78 Å². The van der Waals surface area contributed by atoms with E-state index in [4.69, 9.17) is 16.3 Å². The van der Waals surface area contributed by atoms with Crippen molar-refractivity contribution in [2.45, 2.75) is 39.3 Å². The zero-order chi connectivity index (χ0) is 16.5. The minimum atomic E-state index is -0.470. The van der Waals surface area contributed by atoms with Crippen LogP contribution in [-0.4, -0.2) is 47.3 Å². The smallest absolute Gasteiger partial charge is 0.410 e. The first-order chi connectivity index (χ1) is 10.2. The first-order valence-electron chi connectivity index (χ1n) is 7.23. The lowest BCUT2D eigenvalue weighted by molar-refractivity contribution is 0.0218. The number of hydrogen-bond acceptors (Lipinski definition) is 4. The van der Waals surface area contributed by atoms with Crippen molar-refractivity contribution in [3.8, 4) is 0 Å². The van der Waals surface area contributed by atoms with Gasteiger partial charge in [0, 0.05) is 29.2 Å². The quantitative estimate of drug-likeness (QED) is 0.495. The Hall–Kier alpha value is -0.760. The molecule has 0 aromatic carbocycles. The van der Waals surface area contributed by atoms with Gasteiger partial charge in [-0.15, -0.1) is 0 Å². The number of pyridine rings is 1. The lowest BCUT2D eigenvalue weighted by atomic mass is 10.2. The van der Waals surface area contributed by atoms with E-state index in [2.05, 4.69) is 39.4 Å². The van der Waals surface area contributed by atoms with Gasteiger partial charge in [0.15, 0.2) is 0 Å². The molecular formula is C15H21ClIN3O2. The fourth-order valence-corrected chi connectivity index (χ4v) is 3.35. The summed E-state index contributed by atoms with van der Waals surface area (Å²) in [6, 6.07) is 3.99. The average Bonchev–Trinajstić information content (AvgIpc) is 2.35. The molecule has 5 nitrogen and oxygen atoms in total. The second kappa shape index (κ2) is 6.78. The van der Waals surface area contributed by atoms with Gasteiger partial charge in [-0.05, 0) is 62.4 Å². The Balaban J connectivity index is 2.05. The third kappa shape index (κ3) is 4.62. The second-order valence-electron chi connectivity index (χ2n) is 6.44. The largest absolute Gasteiger partial charge is 0.444 e. The molecule has 22 heavy (non-hydrogen) atoms. The first-order valence-corrected chi connectivity index (χ1v) is 8.69. The van der Waals surface area contributed by atoms with Crippen molar-refractivity contribution >= 4 is 46.1 Å². The first kappa shape index (κ1) is 17.6. The molecule has 0 saturated carbocycles. The standard InChI is InChI=1S/C15H21ClIN3O2/c1-10-9-19(14(21)22-15(2,3)4)5-6-20(10)13-8-11(17)7-12(16)18-13/h7-8,10H,5-6,9H2,1-4H3/t10-/m1/s1. The van der Waals surface area contributed by atoms with Crippen LogP contribution in [0, 0.1) is 3.57 Å². The molecule has 1 aliphatic heterocycles. The van der Waals surface area contributed by atoms with E-state index in [1.807, 2.05) is 32.9 Å². The summed E-state index contributed by atoms with van der Waals surface area (Å²) >= 11 is 8.27. The summed E-state index contributed by atoms with van der Waals surface area (Å²) in [6.07, 6.45) is -0.257. The van der Waals surface area contributed by atoms with E-state index in [0.29, 0.717) is 24.8 Å². The van der Waals surface area contributed by atoms with Gasteiger partial charge in [-0.3, -0.25) is 0 Å². The van der Waals surface area contributed by atoms with Gasteiger partial charge in [0.05, 0.1) is 0 Å². The molecule has 0 N–H and O–H groups in total. The van der Waals surface area contributed by atoms with Gasteiger partial charge < -0.3 is 14.5 Å². The molecule has 2 rings (SSSR count). The van der Waals surface area contributed by atoms with Crippen molar-refractivity contribution in [3.05, 3.63) is 20.9 Å². The Morgan fingerprint density at radius 3 is 2.64 bits per heavy atom. The number of carbonyl (C=O) groups excluding carboxylic acids is 1. The molecule has 1 aliphatic rings. The Labute approximate surface area is 150 Å². The number of amides is 1. The zero-order valence-corrected chi connectivity index (χ0v) is 16.2. The van der Waals surface area contributed by atoms with E-state index in [0.717, 1.165) is 9.39 Å². The van der Waals surface area contributed by atoms with Crippen LogP contribution in [0.4, 0.5) is 10.6 Å². The molecule has 0 unspecified atom stereocenters. The summed E-state index contributed by atoms with van der Waals surface area (Å²) in [6.45, 7) is 9.65. The zero-order valence-electron chi connectivity index (χ0n) is 13.3. The summed E-state index contributed by atoms with van der Waals surface area (Å²) in [5.41, 5.74) is -0.470. The second-order valence-corrected chi connectivity index (χ2v) is 8.07. The van der Waals surface area contributed by atoms with Crippen LogP contribution in [0.5, 0.6) is 0 Å². The van der Waals surface area contributed by atoms with Crippen molar-refractivity contribution in [3.63, 3.8) is 0 Å². The van der Waals surface area contributed by atoms with Gasteiger partial charge in [0.1, 0.15) is 16.6 Å². The van der Waals surface area contributed by atoms with E-state index in [-0.39, 0.29) is 12.1 Å². The SMILES string of the molecule is C[C@@H]1CN(C(=O)OC(C)(C)C)CCN1c1cc(I)cc(Cl)n1. The summed E-state index contributed by atoms with van der Waals surface area (Å²) < 4.78 is 6.49. The van der Waals surface area contributed by atoms with Gasteiger partial charge in [-0.1, -0.05) is 11.6 Å². The maximum absolute atomic E-state index is 12.2. The van der Waals surface area contributed by atoms with Crippen molar-refractivity contribution < 1.29 is 9.53 Å². The lowest BCUT2D eigenvalue weighted by Gasteiger charge is -2.40. The Morgan fingerprint density at radius 1 is 1.41 bits per heavy atom. The summed E-state index contributed by atoms with van der Waals surface area (Å²) in [4.78, 5) is 20.5. The van der Waals surface area contributed by atoms with Gasteiger partial charge in [-0.2, -0.15) is 0 Å². The number of halogens is 2. The van der Waals surface area contributed by atoms with Crippen LogP contribution in [0.25, 0.3) is 0 Å². The Kier molecular flexibility index (Phi) is 5.42. The molecule has 0 bridgehead atoms. The van der Waals surface area contributed by atoms with Crippen molar-refractivity contribution in [1.82, 2.24) is 9.88 Å². The third-order valence-electron chi connectivity index (χ3n) is 3.32. The Bertz CT molecular complexity index is 542. The monoisotopic (exact) mass is 437 g/mol. The fourth-order valence-electron chi connectivity index (χ4n) is 2.39. The number of hydrogen-bond donors (Lipinski definition) is 0. The molecule has 0 spiro atoms. The van der Waals surface area contributed by atoms with Crippen LogP contribution in [0.2, 0.25) is 5.15 Å². The normalized spacial score (nSPS) is 19.3. The van der Waals surface area contributed by atoms with E-state index >= 15 is 0 Å². The van der Waals surface area contributed by atoms with Crippen LogP contribution in [0.1, 0.15) is 27.7 Å². The third-order valence-corrected chi connectivity index (χ3v) is 4.14. The van der Waals surface area contributed by atoms with Crippen LogP contribution in [-0.2, 0) is 4.74 Å². The molecule has 2 heterocycles. The average molecular weight is 438 g/mol. The maximum Gasteiger partial charge on any atom is 0.410 e. The molecule has 1 aromatic rings. The minimum Gasteiger partial charge on any atom is -0.444 e. The lowest BCUT2D eigenvalue weighted by Crippen LogP contribution is -2.54. The van der Waals surface area contributed by atoms with Crippen molar-refractivity contribution in [2.24, 2.45) is 0 Å². The molecule has 0 aliphatic carbocycles. The molecule has 7 heteroatoms. The molecule has 1 saturated heterocycles.